The molecule has 0 radical (unpaired) electrons. The maximum Gasteiger partial charge on any atom is 0.300 e. The predicted molar refractivity (Wildman–Crippen MR) is 99.3 cm³/mol. The van der Waals surface area contributed by atoms with E-state index in [-0.39, 0.29) is 11.7 Å². The zero-order valence-electron chi connectivity index (χ0n) is 14.3. The topological polar surface area (TPSA) is 59.8 Å². The van der Waals surface area contributed by atoms with Gasteiger partial charge in [0.2, 0.25) is 0 Å². The fourth-order valence-corrected chi connectivity index (χ4v) is 3.23. The summed E-state index contributed by atoms with van der Waals surface area (Å²) in [6.45, 7) is 4.35. The van der Waals surface area contributed by atoms with Crippen LogP contribution in [0.3, 0.4) is 0 Å². The highest BCUT2D eigenvalue weighted by molar-refractivity contribution is 5.76. The van der Waals surface area contributed by atoms with Gasteiger partial charge in [0.1, 0.15) is 6.17 Å². The molecule has 5 heteroatoms. The first-order valence-corrected chi connectivity index (χ1v) is 8.55. The average molecular weight is 332 g/mol. The second kappa shape index (κ2) is 6.16. The molecule has 0 unspecified atom stereocenters. The van der Waals surface area contributed by atoms with Crippen LogP contribution in [0.4, 0.5) is 5.69 Å². The second-order valence-corrected chi connectivity index (χ2v) is 6.74. The van der Waals surface area contributed by atoms with Gasteiger partial charge in [-0.25, -0.2) is 4.68 Å². The van der Waals surface area contributed by atoms with Crippen molar-refractivity contribution in [2.45, 2.75) is 26.4 Å². The van der Waals surface area contributed by atoms with Gasteiger partial charge in [0.15, 0.2) is 11.5 Å². The molecule has 5 nitrogen and oxygen atoms in total. The molecule has 1 aliphatic rings. The monoisotopic (exact) mass is 332 g/mol. The van der Waals surface area contributed by atoms with E-state index in [4.69, 9.17) is 5.10 Å². The van der Waals surface area contributed by atoms with Crippen molar-refractivity contribution in [1.29, 1.82) is 0 Å². The number of anilines is 1. The van der Waals surface area contributed by atoms with Crippen molar-refractivity contribution in [3.8, 4) is 22.6 Å². The first-order chi connectivity index (χ1) is 12.1. The number of para-hydroxylation sites is 1. The lowest BCUT2D eigenvalue weighted by atomic mass is 10.0. The number of benzene rings is 2. The predicted octanol–water partition coefficient (Wildman–Crippen LogP) is 3.94. The molecule has 0 saturated heterocycles. The van der Waals surface area contributed by atoms with Crippen LogP contribution in [0.15, 0.2) is 59.4 Å². The zero-order valence-corrected chi connectivity index (χ0v) is 14.3. The lowest BCUT2D eigenvalue weighted by Crippen LogP contribution is -2.32. The lowest BCUT2D eigenvalue weighted by Gasteiger charge is -2.31. The number of nitrogens with zero attached hydrogens (tertiary/aromatic N) is 3. The quantitative estimate of drug-likeness (QED) is 0.789. The van der Waals surface area contributed by atoms with Crippen molar-refractivity contribution in [2.75, 3.05) is 5.32 Å². The molecule has 0 aliphatic carbocycles. The van der Waals surface area contributed by atoms with E-state index in [1.807, 2.05) is 59.3 Å². The van der Waals surface area contributed by atoms with Gasteiger partial charge in [0.05, 0.1) is 0 Å². The van der Waals surface area contributed by atoms with E-state index in [2.05, 4.69) is 24.1 Å². The van der Waals surface area contributed by atoms with Crippen molar-refractivity contribution in [3.63, 3.8) is 0 Å². The summed E-state index contributed by atoms with van der Waals surface area (Å²) in [6.07, 6.45) is 0.869. The number of hydrogen-bond donors (Lipinski definition) is 1. The van der Waals surface area contributed by atoms with Crippen molar-refractivity contribution in [3.05, 3.63) is 65.0 Å². The first-order valence-electron chi connectivity index (χ1n) is 8.55. The lowest BCUT2D eigenvalue weighted by molar-refractivity contribution is 0.398. The summed E-state index contributed by atoms with van der Waals surface area (Å²) in [5.74, 6) is 1.11. The molecule has 0 amide bonds. The Hall–Kier alpha value is -2.95. The molecule has 0 fully saturated rings. The van der Waals surface area contributed by atoms with E-state index in [1.54, 1.807) is 0 Å². The minimum atomic E-state index is -0.294. The summed E-state index contributed by atoms with van der Waals surface area (Å²) in [7, 11) is 0. The van der Waals surface area contributed by atoms with Crippen LogP contribution >= 0.6 is 0 Å². The number of hydrogen-bond acceptors (Lipinski definition) is 4. The molecule has 1 atom stereocenters. The summed E-state index contributed by atoms with van der Waals surface area (Å²) in [5.41, 5.74) is 2.79. The minimum absolute atomic E-state index is 0.0273. The molecule has 3 aromatic rings. The molecular weight excluding hydrogens is 312 g/mol. The standard InChI is InChI=1S/C20H20N4O/c1-13(2)12-17-21-16-11-7-6-10-15(16)19-22-20(25)18(23-24(17)19)14-8-4-3-5-9-14/h3-11,13,17,21H,12H2,1-2H3/t17-/m0/s1. The highest BCUT2D eigenvalue weighted by Crippen LogP contribution is 2.35. The van der Waals surface area contributed by atoms with Gasteiger partial charge >= 0.3 is 0 Å². The van der Waals surface area contributed by atoms with Gasteiger partial charge in [-0.15, -0.1) is 0 Å². The van der Waals surface area contributed by atoms with Crippen molar-refractivity contribution in [1.82, 2.24) is 14.8 Å². The van der Waals surface area contributed by atoms with Crippen molar-refractivity contribution < 1.29 is 0 Å². The first kappa shape index (κ1) is 15.6. The highest BCUT2D eigenvalue weighted by atomic mass is 16.1. The number of nitrogens with one attached hydrogen (secondary N) is 1. The molecule has 2 aromatic carbocycles. The molecular formula is C20H20N4O. The number of fused-ring (bicyclic) bond motifs is 3. The molecule has 1 N–H and O–H groups in total. The summed E-state index contributed by atoms with van der Waals surface area (Å²) in [4.78, 5) is 17.0. The fourth-order valence-electron chi connectivity index (χ4n) is 3.23. The molecule has 4 rings (SSSR count). The average Bonchev–Trinajstić information content (AvgIpc) is 2.61. The fraction of sp³-hybridized carbons (Fsp3) is 0.250. The van der Waals surface area contributed by atoms with Gasteiger partial charge in [-0.2, -0.15) is 10.1 Å². The van der Waals surface area contributed by atoms with Crippen LogP contribution in [0.2, 0.25) is 0 Å². The van der Waals surface area contributed by atoms with Gasteiger partial charge in [-0.05, 0) is 24.5 Å². The Labute approximate surface area is 146 Å². The molecule has 1 aromatic heterocycles. The Morgan fingerprint density at radius 1 is 1.08 bits per heavy atom. The van der Waals surface area contributed by atoms with E-state index in [9.17, 15) is 4.79 Å². The van der Waals surface area contributed by atoms with Crippen LogP contribution in [0.1, 0.15) is 26.4 Å². The SMILES string of the molecule is CC(C)C[C@H]1Nc2ccccc2-c2nc(=O)c(-c3ccccc3)nn21. The van der Waals surface area contributed by atoms with Crippen molar-refractivity contribution >= 4 is 5.69 Å². The molecule has 126 valence electrons. The van der Waals surface area contributed by atoms with Crippen LogP contribution in [0.5, 0.6) is 0 Å². The normalized spacial score (nSPS) is 15.4. The van der Waals surface area contributed by atoms with Gasteiger partial charge in [-0.1, -0.05) is 56.3 Å². The summed E-state index contributed by atoms with van der Waals surface area (Å²) < 4.78 is 1.87. The molecule has 25 heavy (non-hydrogen) atoms. The van der Waals surface area contributed by atoms with E-state index in [0.717, 1.165) is 23.2 Å². The summed E-state index contributed by atoms with van der Waals surface area (Å²) >= 11 is 0. The van der Waals surface area contributed by atoms with Gasteiger partial charge in [-0.3, -0.25) is 4.79 Å². The zero-order chi connectivity index (χ0) is 17.4. The van der Waals surface area contributed by atoms with Crippen molar-refractivity contribution in [2.24, 2.45) is 5.92 Å². The third kappa shape index (κ3) is 2.82. The Balaban J connectivity index is 1.93. The second-order valence-electron chi connectivity index (χ2n) is 6.74. The van der Waals surface area contributed by atoms with E-state index in [1.165, 1.54) is 0 Å². The Kier molecular flexibility index (Phi) is 3.84. The largest absolute Gasteiger partial charge is 0.363 e. The van der Waals surface area contributed by atoms with Crippen LogP contribution in [-0.4, -0.2) is 14.8 Å². The maximum absolute atomic E-state index is 12.6. The van der Waals surface area contributed by atoms with Gasteiger partial charge in [0.25, 0.3) is 5.56 Å². The maximum atomic E-state index is 12.6. The van der Waals surface area contributed by atoms with Crippen LogP contribution in [-0.2, 0) is 0 Å². The van der Waals surface area contributed by atoms with Gasteiger partial charge in [0, 0.05) is 16.8 Å². The van der Waals surface area contributed by atoms with Gasteiger partial charge < -0.3 is 5.32 Å². The Morgan fingerprint density at radius 3 is 2.56 bits per heavy atom. The molecule has 1 aliphatic heterocycles. The molecule has 0 bridgehead atoms. The van der Waals surface area contributed by atoms with E-state index < -0.39 is 0 Å². The molecule has 0 saturated carbocycles. The summed E-state index contributed by atoms with van der Waals surface area (Å²) in [5, 5.41) is 8.24. The van der Waals surface area contributed by atoms with Crippen LogP contribution in [0.25, 0.3) is 22.6 Å². The highest BCUT2D eigenvalue weighted by Gasteiger charge is 2.27. The number of aromatic nitrogens is 3. The Morgan fingerprint density at radius 2 is 1.80 bits per heavy atom. The third-order valence-corrected chi connectivity index (χ3v) is 4.36. The van der Waals surface area contributed by atoms with E-state index >= 15 is 0 Å². The van der Waals surface area contributed by atoms with Crippen LogP contribution in [0, 0.1) is 5.92 Å². The molecule has 0 spiro atoms. The third-order valence-electron chi connectivity index (χ3n) is 4.36. The van der Waals surface area contributed by atoms with E-state index in [0.29, 0.717) is 17.4 Å². The smallest absolute Gasteiger partial charge is 0.300 e. The summed E-state index contributed by atoms with van der Waals surface area (Å²) in [6, 6.07) is 17.4. The van der Waals surface area contributed by atoms with Crippen LogP contribution < -0.4 is 10.9 Å². The number of rotatable bonds is 3. The Bertz CT molecular complexity index is 963. The molecule has 2 heterocycles. The minimum Gasteiger partial charge on any atom is -0.363 e.